The predicted molar refractivity (Wildman–Crippen MR) is 74.1 cm³/mol. The summed E-state index contributed by atoms with van der Waals surface area (Å²) in [6.45, 7) is 4.12. The van der Waals surface area contributed by atoms with Crippen LogP contribution in [0.3, 0.4) is 0 Å². The van der Waals surface area contributed by atoms with E-state index >= 15 is 0 Å². The average Bonchev–Trinajstić information content (AvgIpc) is 2.78. The molecule has 0 amide bonds. The summed E-state index contributed by atoms with van der Waals surface area (Å²) in [6, 6.07) is 8.32. The van der Waals surface area contributed by atoms with Crippen molar-refractivity contribution in [1.82, 2.24) is 4.98 Å². The summed E-state index contributed by atoms with van der Waals surface area (Å²) in [5.74, 6) is 0. The van der Waals surface area contributed by atoms with Crippen LogP contribution in [-0.2, 0) is 19.3 Å². The zero-order valence-corrected chi connectivity index (χ0v) is 11.5. The Bertz CT molecular complexity index is 543. The molecule has 1 heterocycles. The van der Waals surface area contributed by atoms with Gasteiger partial charge in [0.2, 0.25) is 0 Å². The summed E-state index contributed by atoms with van der Waals surface area (Å²) in [5, 5.41) is 11.8. The highest BCUT2D eigenvalue weighted by Crippen LogP contribution is 2.33. The topological polar surface area (TPSA) is 33.1 Å². The highest BCUT2D eigenvalue weighted by molar-refractivity contribution is 7.11. The number of hydrogen-bond acceptors (Lipinski definition) is 3. The van der Waals surface area contributed by atoms with Gasteiger partial charge in [-0.05, 0) is 25.0 Å². The Morgan fingerprint density at radius 2 is 1.83 bits per heavy atom. The van der Waals surface area contributed by atoms with Gasteiger partial charge in [0.1, 0.15) is 0 Å². The highest BCUT2D eigenvalue weighted by Gasteiger charge is 2.35. The van der Waals surface area contributed by atoms with Crippen molar-refractivity contribution in [3.05, 3.63) is 51.0 Å². The molecule has 0 unspecified atom stereocenters. The molecule has 1 aromatic carbocycles. The molecule has 0 saturated carbocycles. The molecule has 2 aromatic rings. The van der Waals surface area contributed by atoms with E-state index < -0.39 is 5.60 Å². The van der Waals surface area contributed by atoms with Crippen LogP contribution >= 0.6 is 11.3 Å². The summed E-state index contributed by atoms with van der Waals surface area (Å²) in [7, 11) is 0. The fourth-order valence-corrected chi connectivity index (χ4v) is 3.77. The first-order valence-electron chi connectivity index (χ1n) is 6.28. The molecule has 1 aliphatic carbocycles. The molecule has 0 bridgehead atoms. The van der Waals surface area contributed by atoms with E-state index in [9.17, 15) is 5.11 Å². The van der Waals surface area contributed by atoms with Crippen molar-refractivity contribution < 1.29 is 5.11 Å². The summed E-state index contributed by atoms with van der Waals surface area (Å²) < 4.78 is 0. The molecule has 0 spiro atoms. The van der Waals surface area contributed by atoms with Gasteiger partial charge in [0, 0.05) is 24.1 Å². The van der Waals surface area contributed by atoms with Gasteiger partial charge in [0.25, 0.3) is 0 Å². The fourth-order valence-electron chi connectivity index (χ4n) is 2.70. The number of aliphatic hydroxyl groups is 1. The van der Waals surface area contributed by atoms with E-state index in [0.717, 1.165) is 23.5 Å². The van der Waals surface area contributed by atoms with Gasteiger partial charge in [-0.15, -0.1) is 11.3 Å². The van der Waals surface area contributed by atoms with Gasteiger partial charge >= 0.3 is 0 Å². The Labute approximate surface area is 111 Å². The zero-order chi connectivity index (χ0) is 12.8. The molecule has 0 aliphatic heterocycles. The average molecular weight is 259 g/mol. The van der Waals surface area contributed by atoms with Gasteiger partial charge in [0.15, 0.2) is 0 Å². The normalized spacial score (nSPS) is 16.8. The smallest absolute Gasteiger partial charge is 0.0959 e. The molecular formula is C15H17NOS. The lowest BCUT2D eigenvalue weighted by Gasteiger charge is -2.20. The first kappa shape index (κ1) is 11.9. The second-order valence-electron chi connectivity index (χ2n) is 5.27. The van der Waals surface area contributed by atoms with Crippen molar-refractivity contribution in [3.8, 4) is 0 Å². The molecule has 1 aromatic heterocycles. The Morgan fingerprint density at radius 3 is 2.33 bits per heavy atom. The fraction of sp³-hybridized carbons (Fsp3) is 0.400. The second-order valence-corrected chi connectivity index (χ2v) is 6.56. The molecule has 1 N–H and O–H groups in total. The zero-order valence-electron chi connectivity index (χ0n) is 10.7. The van der Waals surface area contributed by atoms with E-state index in [2.05, 4.69) is 24.0 Å². The van der Waals surface area contributed by atoms with E-state index in [1.165, 1.54) is 16.0 Å². The largest absolute Gasteiger partial charge is 0.389 e. The standard InChI is InChI=1S/C15H17NOS/c1-10-11(2)18-14(16-10)9-15(17)7-12-5-3-4-6-13(12)8-15/h3-6,17H,7-9H2,1-2H3. The third-order valence-corrected chi connectivity index (χ3v) is 4.78. The van der Waals surface area contributed by atoms with Crippen LogP contribution in [0.15, 0.2) is 24.3 Å². The molecule has 1 aliphatic rings. The molecule has 0 saturated heterocycles. The number of thiazole rings is 1. The molecule has 2 nitrogen and oxygen atoms in total. The highest BCUT2D eigenvalue weighted by atomic mass is 32.1. The third kappa shape index (κ3) is 2.08. The number of fused-ring (bicyclic) bond motifs is 1. The van der Waals surface area contributed by atoms with Crippen molar-refractivity contribution in [2.24, 2.45) is 0 Å². The minimum absolute atomic E-state index is 0.638. The van der Waals surface area contributed by atoms with Gasteiger partial charge in [0.05, 0.1) is 16.3 Å². The van der Waals surface area contributed by atoms with Crippen molar-refractivity contribution >= 4 is 11.3 Å². The monoisotopic (exact) mass is 259 g/mol. The predicted octanol–water partition coefficient (Wildman–Crippen LogP) is 2.83. The number of hydrogen-bond donors (Lipinski definition) is 1. The summed E-state index contributed by atoms with van der Waals surface area (Å²) in [4.78, 5) is 5.79. The van der Waals surface area contributed by atoms with Gasteiger partial charge in [-0.1, -0.05) is 24.3 Å². The molecule has 3 rings (SSSR count). The maximum atomic E-state index is 10.7. The Hall–Kier alpha value is -1.19. The number of aromatic nitrogens is 1. The van der Waals surface area contributed by atoms with Crippen LogP contribution in [0.1, 0.15) is 26.7 Å². The Kier molecular flexibility index (Phi) is 2.76. The first-order chi connectivity index (χ1) is 8.56. The maximum Gasteiger partial charge on any atom is 0.0959 e. The molecule has 94 valence electrons. The van der Waals surface area contributed by atoms with Crippen molar-refractivity contribution in [2.45, 2.75) is 38.7 Å². The summed E-state index contributed by atoms with van der Waals surface area (Å²) >= 11 is 1.71. The number of aryl methyl sites for hydroxylation is 2. The first-order valence-corrected chi connectivity index (χ1v) is 7.09. The van der Waals surface area contributed by atoms with Crippen LogP contribution in [0.5, 0.6) is 0 Å². The SMILES string of the molecule is Cc1nc(CC2(O)Cc3ccccc3C2)sc1C. The van der Waals surface area contributed by atoms with E-state index in [-0.39, 0.29) is 0 Å². The van der Waals surface area contributed by atoms with E-state index in [4.69, 9.17) is 0 Å². The minimum Gasteiger partial charge on any atom is -0.389 e. The van der Waals surface area contributed by atoms with E-state index in [1.54, 1.807) is 11.3 Å². The van der Waals surface area contributed by atoms with Crippen LogP contribution in [0.25, 0.3) is 0 Å². The quantitative estimate of drug-likeness (QED) is 0.899. The molecule has 3 heteroatoms. The maximum absolute atomic E-state index is 10.7. The number of benzene rings is 1. The second kappa shape index (κ2) is 4.18. The van der Waals surface area contributed by atoms with Gasteiger partial charge in [-0.25, -0.2) is 4.98 Å². The molecule has 18 heavy (non-hydrogen) atoms. The molecule has 0 fully saturated rings. The molecule has 0 radical (unpaired) electrons. The third-order valence-electron chi connectivity index (χ3n) is 3.71. The van der Waals surface area contributed by atoms with Crippen LogP contribution < -0.4 is 0 Å². The van der Waals surface area contributed by atoms with Gasteiger partial charge in [-0.3, -0.25) is 0 Å². The summed E-state index contributed by atoms with van der Waals surface area (Å²) in [5.41, 5.74) is 3.02. The van der Waals surface area contributed by atoms with Crippen molar-refractivity contribution in [2.75, 3.05) is 0 Å². The molecular weight excluding hydrogens is 242 g/mol. The van der Waals surface area contributed by atoms with Crippen LogP contribution in [0.2, 0.25) is 0 Å². The van der Waals surface area contributed by atoms with Crippen molar-refractivity contribution in [3.63, 3.8) is 0 Å². The van der Waals surface area contributed by atoms with E-state index in [0.29, 0.717) is 6.42 Å². The minimum atomic E-state index is -0.638. The lowest BCUT2D eigenvalue weighted by molar-refractivity contribution is 0.0517. The van der Waals surface area contributed by atoms with Crippen LogP contribution in [0.4, 0.5) is 0 Å². The van der Waals surface area contributed by atoms with Crippen LogP contribution in [-0.4, -0.2) is 15.7 Å². The van der Waals surface area contributed by atoms with Gasteiger partial charge < -0.3 is 5.11 Å². The summed E-state index contributed by atoms with van der Waals surface area (Å²) in [6.07, 6.45) is 2.17. The van der Waals surface area contributed by atoms with Crippen molar-refractivity contribution in [1.29, 1.82) is 0 Å². The lowest BCUT2D eigenvalue weighted by Crippen LogP contribution is -2.32. The van der Waals surface area contributed by atoms with E-state index in [1.807, 2.05) is 19.1 Å². The van der Waals surface area contributed by atoms with Gasteiger partial charge in [-0.2, -0.15) is 0 Å². The van der Waals surface area contributed by atoms with Crippen LogP contribution in [0, 0.1) is 13.8 Å². The Morgan fingerprint density at radius 1 is 1.22 bits per heavy atom. The number of rotatable bonds is 2. The Balaban J connectivity index is 1.82. The molecule has 0 atom stereocenters. The number of nitrogens with zero attached hydrogens (tertiary/aromatic N) is 1. The lowest BCUT2D eigenvalue weighted by atomic mass is 9.97.